The van der Waals surface area contributed by atoms with Crippen LogP contribution in [0.1, 0.15) is 26.0 Å². The van der Waals surface area contributed by atoms with E-state index in [9.17, 15) is 5.11 Å². The average Bonchev–Trinajstić information content (AvgIpc) is 2.30. The molecule has 1 aromatic rings. The largest absolute Gasteiger partial charge is 0.396 e. The molecule has 0 saturated heterocycles. The highest BCUT2D eigenvalue weighted by Gasteiger charge is 2.22. The van der Waals surface area contributed by atoms with Crippen molar-refractivity contribution >= 4 is 0 Å². The number of aromatic nitrogens is 1. The van der Waals surface area contributed by atoms with Crippen molar-refractivity contribution in [2.24, 2.45) is 5.41 Å². The van der Waals surface area contributed by atoms with E-state index in [1.54, 1.807) is 0 Å². The minimum absolute atomic E-state index is 0.0104. The number of aliphatic hydroxyl groups excluding tert-OH is 1. The lowest BCUT2D eigenvalue weighted by Gasteiger charge is -2.31. The Balaban J connectivity index is 2.50. The standard InChI is InChI=1S/C13H22N2O/c1-4-13(2,11-16)10-15(3)9-12-7-5-6-8-14-12/h5-8,16H,4,9-11H2,1-3H3. The lowest BCUT2D eigenvalue weighted by Crippen LogP contribution is -2.35. The van der Waals surface area contributed by atoms with Crippen LogP contribution in [0.25, 0.3) is 0 Å². The molecule has 0 fully saturated rings. The summed E-state index contributed by atoms with van der Waals surface area (Å²) >= 11 is 0. The van der Waals surface area contributed by atoms with Gasteiger partial charge in [0, 0.05) is 31.3 Å². The smallest absolute Gasteiger partial charge is 0.0543 e. The molecule has 0 spiro atoms. The van der Waals surface area contributed by atoms with E-state index < -0.39 is 0 Å². The molecule has 1 N–H and O–H groups in total. The Labute approximate surface area is 98.1 Å². The summed E-state index contributed by atoms with van der Waals surface area (Å²) in [6.45, 7) is 6.18. The molecule has 1 atom stereocenters. The van der Waals surface area contributed by atoms with E-state index in [1.165, 1.54) is 0 Å². The van der Waals surface area contributed by atoms with Crippen LogP contribution >= 0.6 is 0 Å². The Hall–Kier alpha value is -0.930. The van der Waals surface area contributed by atoms with Gasteiger partial charge in [-0.05, 0) is 25.6 Å². The Morgan fingerprint density at radius 1 is 1.44 bits per heavy atom. The van der Waals surface area contributed by atoms with Gasteiger partial charge in [0.05, 0.1) is 5.69 Å². The lowest BCUT2D eigenvalue weighted by atomic mass is 9.88. The highest BCUT2D eigenvalue weighted by atomic mass is 16.3. The summed E-state index contributed by atoms with van der Waals surface area (Å²) in [5.41, 5.74) is 1.06. The maximum absolute atomic E-state index is 9.36. The number of aliphatic hydroxyl groups is 1. The van der Waals surface area contributed by atoms with Gasteiger partial charge in [0.1, 0.15) is 0 Å². The first-order valence-corrected chi connectivity index (χ1v) is 5.79. The normalized spacial score (nSPS) is 15.1. The number of hydrogen-bond acceptors (Lipinski definition) is 3. The highest BCUT2D eigenvalue weighted by molar-refractivity contribution is 5.03. The predicted molar refractivity (Wildman–Crippen MR) is 66.1 cm³/mol. The van der Waals surface area contributed by atoms with Gasteiger partial charge in [-0.25, -0.2) is 0 Å². The van der Waals surface area contributed by atoms with Crippen LogP contribution in [0.3, 0.4) is 0 Å². The van der Waals surface area contributed by atoms with E-state index in [-0.39, 0.29) is 12.0 Å². The highest BCUT2D eigenvalue weighted by Crippen LogP contribution is 2.21. The SMILES string of the molecule is CCC(C)(CO)CN(C)Cc1ccccn1. The molecule has 3 heteroatoms. The van der Waals surface area contributed by atoms with E-state index in [4.69, 9.17) is 0 Å². The van der Waals surface area contributed by atoms with Crippen molar-refractivity contribution in [2.75, 3.05) is 20.2 Å². The maximum Gasteiger partial charge on any atom is 0.0543 e. The van der Waals surface area contributed by atoms with Gasteiger partial charge in [0.2, 0.25) is 0 Å². The number of hydrogen-bond donors (Lipinski definition) is 1. The maximum atomic E-state index is 9.36. The first kappa shape index (κ1) is 13.1. The molecular formula is C13H22N2O. The predicted octanol–water partition coefficient (Wildman–Crippen LogP) is 1.92. The van der Waals surface area contributed by atoms with Crippen molar-refractivity contribution in [3.8, 4) is 0 Å². The van der Waals surface area contributed by atoms with Gasteiger partial charge in [0.25, 0.3) is 0 Å². The van der Waals surface area contributed by atoms with Crippen LogP contribution in [0.4, 0.5) is 0 Å². The molecule has 0 aliphatic carbocycles. The summed E-state index contributed by atoms with van der Waals surface area (Å²) in [4.78, 5) is 6.51. The molecule has 0 radical (unpaired) electrons. The minimum Gasteiger partial charge on any atom is -0.396 e. The average molecular weight is 222 g/mol. The third-order valence-corrected chi connectivity index (χ3v) is 3.04. The lowest BCUT2D eigenvalue weighted by molar-refractivity contribution is 0.0925. The molecule has 1 aromatic heterocycles. The van der Waals surface area contributed by atoms with Crippen molar-refractivity contribution in [1.29, 1.82) is 0 Å². The van der Waals surface area contributed by atoms with Crippen LogP contribution in [-0.2, 0) is 6.54 Å². The van der Waals surface area contributed by atoms with Crippen molar-refractivity contribution < 1.29 is 5.11 Å². The summed E-state index contributed by atoms with van der Waals surface area (Å²) in [6, 6.07) is 5.95. The van der Waals surface area contributed by atoms with Gasteiger partial charge in [0.15, 0.2) is 0 Å². The second-order valence-corrected chi connectivity index (χ2v) is 4.82. The van der Waals surface area contributed by atoms with Crippen molar-refractivity contribution in [1.82, 2.24) is 9.88 Å². The van der Waals surface area contributed by atoms with Crippen molar-refractivity contribution in [3.05, 3.63) is 30.1 Å². The van der Waals surface area contributed by atoms with Crippen LogP contribution < -0.4 is 0 Å². The van der Waals surface area contributed by atoms with Crippen LogP contribution in [-0.4, -0.2) is 35.2 Å². The molecule has 1 rings (SSSR count). The summed E-state index contributed by atoms with van der Waals surface area (Å²) in [5, 5.41) is 9.36. The summed E-state index contributed by atoms with van der Waals surface area (Å²) in [7, 11) is 2.07. The molecule has 0 aromatic carbocycles. The molecule has 0 amide bonds. The van der Waals surface area contributed by atoms with Crippen LogP contribution in [0.2, 0.25) is 0 Å². The number of rotatable bonds is 6. The third-order valence-electron chi connectivity index (χ3n) is 3.04. The first-order chi connectivity index (χ1) is 7.59. The topological polar surface area (TPSA) is 36.4 Å². The molecule has 90 valence electrons. The fraction of sp³-hybridized carbons (Fsp3) is 0.615. The third kappa shape index (κ3) is 3.91. The molecule has 0 aliphatic rings. The fourth-order valence-electron chi connectivity index (χ4n) is 1.75. The molecule has 0 saturated carbocycles. The van der Waals surface area contributed by atoms with Crippen LogP contribution in [0.15, 0.2) is 24.4 Å². The molecule has 1 unspecified atom stereocenters. The Bertz CT molecular complexity index is 296. The second-order valence-electron chi connectivity index (χ2n) is 4.82. The molecule has 3 nitrogen and oxygen atoms in total. The molecule has 0 bridgehead atoms. The van der Waals surface area contributed by atoms with Gasteiger partial charge < -0.3 is 5.11 Å². The zero-order chi connectivity index (χ0) is 12.0. The monoisotopic (exact) mass is 222 g/mol. The first-order valence-electron chi connectivity index (χ1n) is 5.79. The molecular weight excluding hydrogens is 200 g/mol. The number of pyridine rings is 1. The quantitative estimate of drug-likeness (QED) is 0.799. The van der Waals surface area contributed by atoms with Crippen LogP contribution in [0, 0.1) is 5.41 Å². The van der Waals surface area contributed by atoms with E-state index in [0.717, 1.165) is 25.2 Å². The summed E-state index contributed by atoms with van der Waals surface area (Å²) in [6.07, 6.45) is 2.80. The molecule has 1 heterocycles. The Morgan fingerprint density at radius 2 is 2.19 bits per heavy atom. The molecule has 0 aliphatic heterocycles. The van der Waals surface area contributed by atoms with Gasteiger partial charge in [-0.3, -0.25) is 9.88 Å². The summed E-state index contributed by atoms with van der Waals surface area (Å²) < 4.78 is 0. The van der Waals surface area contributed by atoms with Gasteiger partial charge in [-0.1, -0.05) is 19.9 Å². The van der Waals surface area contributed by atoms with Gasteiger partial charge in [-0.2, -0.15) is 0 Å². The molecule has 16 heavy (non-hydrogen) atoms. The zero-order valence-electron chi connectivity index (χ0n) is 10.5. The second kappa shape index (κ2) is 5.97. The van der Waals surface area contributed by atoms with Gasteiger partial charge in [-0.15, -0.1) is 0 Å². The zero-order valence-corrected chi connectivity index (χ0v) is 10.5. The van der Waals surface area contributed by atoms with Gasteiger partial charge >= 0.3 is 0 Å². The Kier molecular flexibility index (Phi) is 4.90. The minimum atomic E-state index is -0.0104. The summed E-state index contributed by atoms with van der Waals surface area (Å²) in [5.74, 6) is 0. The van der Waals surface area contributed by atoms with Crippen molar-refractivity contribution in [3.63, 3.8) is 0 Å². The Morgan fingerprint density at radius 3 is 2.69 bits per heavy atom. The van der Waals surface area contributed by atoms with E-state index in [1.807, 2.05) is 24.4 Å². The number of nitrogens with zero attached hydrogens (tertiary/aromatic N) is 2. The van der Waals surface area contributed by atoms with E-state index in [2.05, 4.69) is 30.8 Å². The van der Waals surface area contributed by atoms with E-state index in [0.29, 0.717) is 0 Å². The van der Waals surface area contributed by atoms with Crippen LogP contribution in [0.5, 0.6) is 0 Å². The van der Waals surface area contributed by atoms with Crippen molar-refractivity contribution in [2.45, 2.75) is 26.8 Å². The van der Waals surface area contributed by atoms with E-state index >= 15 is 0 Å². The fourth-order valence-corrected chi connectivity index (χ4v) is 1.75.